The van der Waals surface area contributed by atoms with Gasteiger partial charge in [0, 0.05) is 42.4 Å². The van der Waals surface area contributed by atoms with E-state index < -0.39 is 11.5 Å². The van der Waals surface area contributed by atoms with E-state index in [1.165, 1.54) is 0 Å². The minimum Gasteiger partial charge on any atom is -0.497 e. The van der Waals surface area contributed by atoms with Gasteiger partial charge < -0.3 is 20.5 Å². The van der Waals surface area contributed by atoms with Crippen LogP contribution in [0.5, 0.6) is 5.75 Å². The molecule has 0 unspecified atom stereocenters. The molecule has 1 aliphatic carbocycles. The highest BCUT2D eigenvalue weighted by atomic mass is 16.5. The van der Waals surface area contributed by atoms with E-state index in [1.54, 1.807) is 60.0 Å². The summed E-state index contributed by atoms with van der Waals surface area (Å²) >= 11 is 0. The van der Waals surface area contributed by atoms with Crippen molar-refractivity contribution in [1.82, 2.24) is 14.3 Å². The van der Waals surface area contributed by atoms with Crippen LogP contribution in [0.15, 0.2) is 42.6 Å². The molecule has 0 bridgehead atoms. The Kier molecular flexibility index (Phi) is 4.07. The number of benzene rings is 1. The maximum atomic E-state index is 12.4. The van der Waals surface area contributed by atoms with Gasteiger partial charge in [-0.3, -0.25) is 14.0 Å². The van der Waals surface area contributed by atoms with Gasteiger partial charge in [0.2, 0.25) is 11.4 Å². The molecule has 5 rings (SSSR count). The molecule has 0 spiro atoms. The summed E-state index contributed by atoms with van der Waals surface area (Å²) in [7, 11) is 3.26. The van der Waals surface area contributed by atoms with Gasteiger partial charge in [-0.05, 0) is 24.6 Å². The van der Waals surface area contributed by atoms with E-state index >= 15 is 0 Å². The van der Waals surface area contributed by atoms with Gasteiger partial charge in [-0.15, -0.1) is 0 Å². The summed E-state index contributed by atoms with van der Waals surface area (Å²) in [6.07, 6.45) is 2.45. The smallest absolute Gasteiger partial charge is 0.285 e. The molecule has 3 N–H and O–H groups in total. The Morgan fingerprint density at radius 3 is 2.84 bits per heavy atom. The Hall–Kier alpha value is -3.83. The van der Waals surface area contributed by atoms with Crippen molar-refractivity contribution in [1.29, 1.82) is 0 Å². The molecule has 3 aromatic rings. The van der Waals surface area contributed by atoms with Gasteiger partial charge in [-0.1, -0.05) is 24.0 Å². The number of fused-ring (bicyclic) bond motifs is 2. The molecule has 2 aliphatic rings. The number of rotatable bonds is 3. The molecule has 0 radical (unpaired) electrons. The molecule has 1 aliphatic heterocycles. The van der Waals surface area contributed by atoms with Crippen LogP contribution < -0.4 is 10.5 Å². The van der Waals surface area contributed by atoms with Crippen LogP contribution in [-0.2, 0) is 4.79 Å². The Labute approximate surface area is 178 Å². The van der Waals surface area contributed by atoms with Gasteiger partial charge in [0.05, 0.1) is 18.3 Å². The first-order chi connectivity index (χ1) is 14.8. The van der Waals surface area contributed by atoms with E-state index in [1.807, 2.05) is 6.07 Å². The number of likely N-dealkylation sites (N-methyl/N-ethyl adjacent to an activating group) is 1. The van der Waals surface area contributed by atoms with Gasteiger partial charge in [0.1, 0.15) is 5.75 Å². The lowest BCUT2D eigenvalue weighted by Crippen LogP contribution is -2.41. The Morgan fingerprint density at radius 2 is 2.16 bits per heavy atom. The molecule has 8 nitrogen and oxygen atoms in total. The van der Waals surface area contributed by atoms with Crippen LogP contribution in [0.1, 0.15) is 22.6 Å². The van der Waals surface area contributed by atoms with E-state index in [0.29, 0.717) is 22.5 Å². The first kappa shape index (κ1) is 19.2. The number of carbonyl (C=O) groups excluding carboxylic acids is 2. The lowest BCUT2D eigenvalue weighted by Gasteiger charge is -2.18. The highest BCUT2D eigenvalue weighted by molar-refractivity contribution is 5.94. The summed E-state index contributed by atoms with van der Waals surface area (Å²) < 4.78 is 6.92. The second-order valence-corrected chi connectivity index (χ2v) is 7.89. The molecule has 2 fully saturated rings. The third-order valence-corrected chi connectivity index (χ3v) is 6.04. The number of aromatic nitrogens is 2. The van der Waals surface area contributed by atoms with Crippen molar-refractivity contribution in [2.45, 2.75) is 18.1 Å². The van der Waals surface area contributed by atoms with Crippen LogP contribution in [0.4, 0.5) is 0 Å². The van der Waals surface area contributed by atoms with E-state index in [2.05, 4.69) is 16.8 Å². The normalized spacial score (nSPS) is 24.0. The van der Waals surface area contributed by atoms with Crippen molar-refractivity contribution in [3.8, 4) is 28.8 Å². The third kappa shape index (κ3) is 2.86. The maximum Gasteiger partial charge on any atom is 0.285 e. The number of nitrogens with zero attached hydrogens (tertiary/aromatic N) is 3. The fourth-order valence-electron chi connectivity index (χ4n) is 4.27. The molecule has 2 aromatic heterocycles. The predicted molar refractivity (Wildman–Crippen MR) is 112 cm³/mol. The summed E-state index contributed by atoms with van der Waals surface area (Å²) in [6.45, 7) is 0. The van der Waals surface area contributed by atoms with Crippen LogP contribution in [0.2, 0.25) is 0 Å². The number of hydrogen-bond donors (Lipinski definition) is 2. The first-order valence-corrected chi connectivity index (χ1v) is 9.82. The number of piperidine rings is 1. The summed E-state index contributed by atoms with van der Waals surface area (Å²) in [5.41, 5.74) is 6.42. The molecule has 8 heteroatoms. The predicted octanol–water partition coefficient (Wildman–Crippen LogP) is 1.05. The largest absolute Gasteiger partial charge is 0.497 e. The zero-order valence-corrected chi connectivity index (χ0v) is 17.0. The van der Waals surface area contributed by atoms with Crippen LogP contribution >= 0.6 is 0 Å². The molecular weight excluding hydrogens is 396 g/mol. The highest BCUT2D eigenvalue weighted by Crippen LogP contribution is 2.50. The van der Waals surface area contributed by atoms with Crippen molar-refractivity contribution in [3.05, 3.63) is 54.0 Å². The molecule has 2 amide bonds. The SMILES string of the molecule is COc1ccn2c(C(N)=O)nc(-c3cccc(C#C[C@]4(O)C(=O)N(C)[C@@H]5C[C@@H]54)c3)c2c1. The monoisotopic (exact) mass is 416 g/mol. The Bertz CT molecular complexity index is 1320. The topological polar surface area (TPSA) is 110 Å². The van der Waals surface area contributed by atoms with E-state index in [-0.39, 0.29) is 23.7 Å². The van der Waals surface area contributed by atoms with Crippen molar-refractivity contribution in [3.63, 3.8) is 0 Å². The van der Waals surface area contributed by atoms with E-state index in [0.717, 1.165) is 12.0 Å². The first-order valence-electron chi connectivity index (χ1n) is 9.82. The molecule has 31 heavy (non-hydrogen) atoms. The van der Waals surface area contributed by atoms with Gasteiger partial charge in [0.25, 0.3) is 11.8 Å². The molecule has 156 valence electrons. The standard InChI is InChI=1S/C23H20N4O4/c1-26-17-12-16(17)23(30,22(26)29)8-6-13-4-3-5-14(10-13)19-18-11-15(31-2)7-9-27(18)21(25-19)20(24)28/h3-5,7,9-11,16-17,30H,12H2,1-2H3,(H2,24,28)/t16-,17+,23+/m0/s1. The van der Waals surface area contributed by atoms with Crippen LogP contribution in [-0.4, -0.2) is 57.0 Å². The zero-order chi connectivity index (χ0) is 21.9. The average Bonchev–Trinajstić information content (AvgIpc) is 3.46. The number of carbonyl (C=O) groups is 2. The minimum atomic E-state index is -1.64. The summed E-state index contributed by atoms with van der Waals surface area (Å²) in [5, 5.41) is 10.8. The molecule has 3 heterocycles. The number of likely N-dealkylation sites (tertiary alicyclic amines) is 1. The minimum absolute atomic E-state index is 0.0808. The fourth-order valence-corrected chi connectivity index (χ4v) is 4.27. The van der Waals surface area contributed by atoms with E-state index in [4.69, 9.17) is 10.5 Å². The number of amides is 2. The number of pyridine rings is 1. The van der Waals surface area contributed by atoms with Crippen molar-refractivity contribution in [2.24, 2.45) is 11.7 Å². The lowest BCUT2D eigenvalue weighted by molar-refractivity contribution is -0.140. The van der Waals surface area contributed by atoms with Crippen LogP contribution in [0, 0.1) is 17.8 Å². The average molecular weight is 416 g/mol. The fraction of sp³-hybridized carbons (Fsp3) is 0.261. The number of aliphatic hydroxyl groups is 1. The quantitative estimate of drug-likeness (QED) is 0.620. The second-order valence-electron chi connectivity index (χ2n) is 7.89. The molecular formula is C23H20N4O4. The van der Waals surface area contributed by atoms with Crippen molar-refractivity contribution >= 4 is 17.3 Å². The summed E-state index contributed by atoms with van der Waals surface area (Å²) in [5.74, 6) is 5.34. The van der Waals surface area contributed by atoms with Gasteiger partial charge in [-0.25, -0.2) is 4.98 Å². The van der Waals surface area contributed by atoms with Gasteiger partial charge >= 0.3 is 0 Å². The second kappa shape index (κ2) is 6.59. The van der Waals surface area contributed by atoms with Crippen molar-refractivity contribution in [2.75, 3.05) is 14.2 Å². The summed E-state index contributed by atoms with van der Waals surface area (Å²) in [4.78, 5) is 30.3. The number of hydrogen-bond acceptors (Lipinski definition) is 5. The zero-order valence-electron chi connectivity index (χ0n) is 17.0. The van der Waals surface area contributed by atoms with Gasteiger partial charge in [-0.2, -0.15) is 0 Å². The highest BCUT2D eigenvalue weighted by Gasteiger charge is 2.66. The number of nitrogens with two attached hydrogens (primary N) is 1. The molecule has 1 aromatic carbocycles. The number of ether oxygens (including phenoxy) is 1. The number of primary amides is 1. The lowest BCUT2D eigenvalue weighted by atomic mass is 9.98. The molecule has 3 atom stereocenters. The molecule has 1 saturated carbocycles. The van der Waals surface area contributed by atoms with Crippen molar-refractivity contribution < 1.29 is 19.4 Å². The Morgan fingerprint density at radius 1 is 1.35 bits per heavy atom. The number of imidazole rings is 1. The van der Waals surface area contributed by atoms with Gasteiger partial charge in [0.15, 0.2) is 0 Å². The third-order valence-electron chi connectivity index (χ3n) is 6.04. The Balaban J connectivity index is 1.57. The maximum absolute atomic E-state index is 12.4. The molecule has 1 saturated heterocycles. The number of methoxy groups -OCH3 is 1. The summed E-state index contributed by atoms with van der Waals surface area (Å²) in [6, 6.07) is 10.8. The van der Waals surface area contributed by atoms with Crippen LogP contribution in [0.3, 0.4) is 0 Å². The van der Waals surface area contributed by atoms with E-state index in [9.17, 15) is 14.7 Å². The van der Waals surface area contributed by atoms with Crippen LogP contribution in [0.25, 0.3) is 16.8 Å².